The van der Waals surface area contributed by atoms with Crippen LogP contribution in [0.25, 0.3) is 0 Å². The van der Waals surface area contributed by atoms with Gasteiger partial charge in [0.15, 0.2) is 0 Å². The van der Waals surface area contributed by atoms with Crippen molar-refractivity contribution in [2.45, 2.75) is 31.5 Å². The molecule has 0 aliphatic carbocycles. The summed E-state index contributed by atoms with van der Waals surface area (Å²) < 4.78 is 5.28. The van der Waals surface area contributed by atoms with Gasteiger partial charge in [-0.05, 0) is 18.1 Å². The normalized spacial score (nSPS) is 21.0. The van der Waals surface area contributed by atoms with E-state index in [1.807, 2.05) is 12.1 Å². The van der Waals surface area contributed by atoms with Crippen LogP contribution in [0.3, 0.4) is 0 Å². The van der Waals surface area contributed by atoms with Crippen LogP contribution in [0.5, 0.6) is 0 Å². The van der Waals surface area contributed by atoms with Crippen LogP contribution in [0.4, 0.5) is 0 Å². The lowest BCUT2D eigenvalue weighted by Crippen LogP contribution is -2.43. The molecule has 1 amide bonds. The maximum absolute atomic E-state index is 12.6. The van der Waals surface area contributed by atoms with Gasteiger partial charge in [0.2, 0.25) is 5.91 Å². The van der Waals surface area contributed by atoms with Gasteiger partial charge in [0.25, 0.3) is 0 Å². The minimum Gasteiger partial charge on any atom is -0.380 e. The number of carbonyl (C=O) groups is 1. The van der Waals surface area contributed by atoms with Crippen molar-refractivity contribution in [1.29, 1.82) is 5.26 Å². The summed E-state index contributed by atoms with van der Waals surface area (Å²) in [5.41, 5.74) is 0.963. The average molecular weight is 288 g/mol. The summed E-state index contributed by atoms with van der Waals surface area (Å²) in [5.74, 6) is 0.0219. The van der Waals surface area contributed by atoms with Gasteiger partial charge in [-0.1, -0.05) is 6.07 Å². The molecule has 2 heterocycles. The van der Waals surface area contributed by atoms with Gasteiger partial charge >= 0.3 is 0 Å². The second-order valence-electron chi connectivity index (χ2n) is 5.08. The molecule has 1 fully saturated rings. The van der Waals surface area contributed by atoms with Gasteiger partial charge in [0.1, 0.15) is 0 Å². The molecule has 21 heavy (non-hydrogen) atoms. The van der Waals surface area contributed by atoms with Crippen LogP contribution in [0.15, 0.2) is 24.5 Å². The molecule has 1 aliphatic rings. The lowest BCUT2D eigenvalue weighted by atomic mass is 10.1. The molecule has 2 rings (SSSR count). The highest BCUT2D eigenvalue weighted by atomic mass is 16.5. The van der Waals surface area contributed by atoms with E-state index in [0.29, 0.717) is 32.5 Å². The summed E-state index contributed by atoms with van der Waals surface area (Å²) in [5, 5.41) is 12.0. The van der Waals surface area contributed by atoms with Crippen LogP contribution in [0.2, 0.25) is 0 Å². The first-order chi connectivity index (χ1) is 10.2. The number of nitrogens with one attached hydrogen (secondary N) is 1. The number of hydrogen-bond acceptors (Lipinski definition) is 5. The summed E-state index contributed by atoms with van der Waals surface area (Å²) >= 11 is 0. The molecular formula is C15H20N4O2. The van der Waals surface area contributed by atoms with Crippen molar-refractivity contribution in [3.05, 3.63) is 30.1 Å². The Labute approximate surface area is 124 Å². The van der Waals surface area contributed by atoms with Gasteiger partial charge < -0.3 is 15.0 Å². The Morgan fingerprint density at radius 3 is 3.14 bits per heavy atom. The van der Waals surface area contributed by atoms with Crippen LogP contribution < -0.4 is 5.32 Å². The van der Waals surface area contributed by atoms with Crippen molar-refractivity contribution in [3.63, 3.8) is 0 Å². The quantitative estimate of drug-likeness (QED) is 0.833. The number of pyridine rings is 1. The van der Waals surface area contributed by atoms with Crippen LogP contribution in [-0.4, -0.2) is 48.1 Å². The maximum atomic E-state index is 12.6. The Hall–Kier alpha value is -1.97. The fourth-order valence-electron chi connectivity index (χ4n) is 2.46. The van der Waals surface area contributed by atoms with Crippen LogP contribution >= 0.6 is 0 Å². The van der Waals surface area contributed by atoms with Gasteiger partial charge in [0.05, 0.1) is 24.6 Å². The van der Waals surface area contributed by atoms with Crippen LogP contribution in [0, 0.1) is 11.3 Å². The van der Waals surface area contributed by atoms with E-state index < -0.39 is 0 Å². The Morgan fingerprint density at radius 1 is 1.67 bits per heavy atom. The molecule has 0 aromatic carbocycles. The number of hydrogen-bond donors (Lipinski definition) is 1. The SMILES string of the molecule is COC1CNC(C(=O)N(CCC#N)Cc2cccnc2)C1. The van der Waals surface area contributed by atoms with Crippen molar-refractivity contribution in [2.24, 2.45) is 0 Å². The number of nitriles is 1. The van der Waals surface area contributed by atoms with Gasteiger partial charge in [-0.2, -0.15) is 5.26 Å². The predicted octanol–water partition coefficient (Wildman–Crippen LogP) is 0.701. The van der Waals surface area contributed by atoms with Gasteiger partial charge in [-0.25, -0.2) is 0 Å². The average Bonchev–Trinajstić information content (AvgIpc) is 3.00. The number of rotatable bonds is 6. The molecule has 0 radical (unpaired) electrons. The fraction of sp³-hybridized carbons (Fsp3) is 0.533. The van der Waals surface area contributed by atoms with E-state index in [2.05, 4.69) is 16.4 Å². The second-order valence-corrected chi connectivity index (χ2v) is 5.08. The third kappa shape index (κ3) is 4.25. The largest absolute Gasteiger partial charge is 0.380 e. The summed E-state index contributed by atoms with van der Waals surface area (Å²) in [6.45, 7) is 1.59. The van der Waals surface area contributed by atoms with Gasteiger partial charge in [0, 0.05) is 39.1 Å². The van der Waals surface area contributed by atoms with E-state index >= 15 is 0 Å². The first kappa shape index (κ1) is 15.4. The van der Waals surface area contributed by atoms with E-state index in [1.165, 1.54) is 0 Å². The standard InChI is InChI=1S/C15H20N4O2/c1-21-13-8-14(18-10-13)15(20)19(7-3-5-16)11-12-4-2-6-17-9-12/h2,4,6,9,13-14,18H,3,7-8,10-11H2,1H3. The highest BCUT2D eigenvalue weighted by Crippen LogP contribution is 2.14. The molecule has 112 valence electrons. The third-order valence-electron chi connectivity index (χ3n) is 3.62. The molecule has 1 saturated heterocycles. The lowest BCUT2D eigenvalue weighted by molar-refractivity contribution is -0.133. The van der Waals surface area contributed by atoms with Crippen molar-refractivity contribution in [1.82, 2.24) is 15.2 Å². The number of methoxy groups -OCH3 is 1. The molecule has 6 heteroatoms. The van der Waals surface area contributed by atoms with E-state index in [-0.39, 0.29) is 18.1 Å². The van der Waals surface area contributed by atoms with E-state index in [9.17, 15) is 4.79 Å². The lowest BCUT2D eigenvalue weighted by Gasteiger charge is -2.25. The van der Waals surface area contributed by atoms with Crippen molar-refractivity contribution < 1.29 is 9.53 Å². The molecule has 2 unspecified atom stereocenters. The topological polar surface area (TPSA) is 78.2 Å². The molecule has 1 N–H and O–H groups in total. The summed E-state index contributed by atoms with van der Waals surface area (Å²) in [6.07, 6.45) is 4.52. The number of amides is 1. The van der Waals surface area contributed by atoms with Crippen LogP contribution in [-0.2, 0) is 16.1 Å². The molecule has 0 spiro atoms. The zero-order valence-corrected chi connectivity index (χ0v) is 12.2. The second kappa shape index (κ2) is 7.72. The molecule has 2 atom stereocenters. The van der Waals surface area contributed by atoms with Gasteiger partial charge in [-0.15, -0.1) is 0 Å². The molecule has 1 aliphatic heterocycles. The Morgan fingerprint density at radius 2 is 2.52 bits per heavy atom. The third-order valence-corrected chi connectivity index (χ3v) is 3.62. The zero-order valence-electron chi connectivity index (χ0n) is 12.2. The summed E-state index contributed by atoms with van der Waals surface area (Å²) in [6, 6.07) is 5.64. The van der Waals surface area contributed by atoms with Crippen molar-refractivity contribution >= 4 is 5.91 Å². The molecular weight excluding hydrogens is 268 g/mol. The number of ether oxygens (including phenoxy) is 1. The highest BCUT2D eigenvalue weighted by Gasteiger charge is 2.32. The number of aromatic nitrogens is 1. The Bertz CT molecular complexity index is 500. The fourth-order valence-corrected chi connectivity index (χ4v) is 2.46. The summed E-state index contributed by atoms with van der Waals surface area (Å²) in [4.78, 5) is 18.4. The van der Waals surface area contributed by atoms with Crippen LogP contribution in [0.1, 0.15) is 18.4 Å². The maximum Gasteiger partial charge on any atom is 0.240 e. The molecule has 0 saturated carbocycles. The molecule has 1 aromatic heterocycles. The van der Waals surface area contributed by atoms with Gasteiger partial charge in [-0.3, -0.25) is 9.78 Å². The minimum absolute atomic E-state index is 0.0219. The predicted molar refractivity (Wildman–Crippen MR) is 77.1 cm³/mol. The van der Waals surface area contributed by atoms with E-state index in [1.54, 1.807) is 24.4 Å². The first-order valence-electron chi connectivity index (χ1n) is 7.05. The molecule has 1 aromatic rings. The van der Waals surface area contributed by atoms with Crippen molar-refractivity contribution in [3.8, 4) is 6.07 Å². The van der Waals surface area contributed by atoms with Crippen molar-refractivity contribution in [2.75, 3.05) is 20.2 Å². The monoisotopic (exact) mass is 288 g/mol. The smallest absolute Gasteiger partial charge is 0.240 e. The Balaban J connectivity index is 2.01. The minimum atomic E-state index is -0.231. The first-order valence-corrected chi connectivity index (χ1v) is 7.05. The highest BCUT2D eigenvalue weighted by molar-refractivity contribution is 5.82. The van der Waals surface area contributed by atoms with E-state index in [0.717, 1.165) is 5.56 Å². The molecule has 0 bridgehead atoms. The zero-order chi connectivity index (χ0) is 15.1. The molecule has 6 nitrogen and oxygen atoms in total. The number of carbonyl (C=O) groups excluding carboxylic acids is 1. The number of nitrogens with zero attached hydrogens (tertiary/aromatic N) is 3. The van der Waals surface area contributed by atoms with E-state index in [4.69, 9.17) is 10.00 Å². The summed E-state index contributed by atoms with van der Waals surface area (Å²) in [7, 11) is 1.66. The Kier molecular flexibility index (Phi) is 5.67.